The van der Waals surface area contributed by atoms with E-state index in [9.17, 15) is 4.79 Å². The molecule has 1 aromatic heterocycles. The quantitative estimate of drug-likeness (QED) is 0.754. The third-order valence-electron chi connectivity index (χ3n) is 2.29. The zero-order valence-corrected chi connectivity index (χ0v) is 9.75. The van der Waals surface area contributed by atoms with E-state index in [2.05, 4.69) is 4.98 Å². The average molecular weight is 238 g/mol. The third-order valence-corrected chi connectivity index (χ3v) is 2.29. The fourth-order valence-corrected chi connectivity index (χ4v) is 1.51. The molecule has 4 heteroatoms. The second kappa shape index (κ2) is 5.11. The van der Waals surface area contributed by atoms with Gasteiger partial charge >= 0.3 is 5.97 Å². The first-order valence-electron chi connectivity index (χ1n) is 5.35. The molecule has 0 unspecified atom stereocenters. The van der Waals surface area contributed by atoms with Crippen molar-refractivity contribution in [2.24, 2.45) is 0 Å². The molecule has 2 rings (SSSR count). The minimum atomic E-state index is -0.496. The Morgan fingerprint density at radius 2 is 1.94 bits per heavy atom. The Kier molecular flexibility index (Phi) is 3.35. The van der Waals surface area contributed by atoms with Crippen LogP contribution in [0.4, 0.5) is 0 Å². The maximum atomic E-state index is 11.0. The molecule has 0 aliphatic carbocycles. The first-order valence-corrected chi connectivity index (χ1v) is 5.35. The van der Waals surface area contributed by atoms with E-state index in [1.54, 1.807) is 12.1 Å². The second-order valence-corrected chi connectivity index (χ2v) is 3.62. The van der Waals surface area contributed by atoms with E-state index in [1.807, 2.05) is 36.4 Å². The first kappa shape index (κ1) is 11.8. The Bertz CT molecular complexity index is 615. The molecule has 0 saturated carbocycles. The largest absolute Gasteiger partial charge is 0.406 e. The predicted molar refractivity (Wildman–Crippen MR) is 65.7 cm³/mol. The number of hydrogen-bond acceptors (Lipinski definition) is 4. The van der Waals surface area contributed by atoms with E-state index in [0.29, 0.717) is 5.69 Å². The van der Waals surface area contributed by atoms with Gasteiger partial charge in [0.25, 0.3) is 0 Å². The lowest BCUT2D eigenvalue weighted by Gasteiger charge is -2.05. The van der Waals surface area contributed by atoms with E-state index in [4.69, 9.17) is 10.00 Å². The normalized spacial score (nSPS) is 9.56. The van der Waals surface area contributed by atoms with Crippen LogP contribution in [0.5, 0.6) is 5.88 Å². The van der Waals surface area contributed by atoms with Gasteiger partial charge in [-0.05, 0) is 12.1 Å². The number of hydrogen-bond donors (Lipinski definition) is 0. The highest BCUT2D eigenvalue weighted by atomic mass is 16.5. The van der Waals surface area contributed by atoms with Crippen LogP contribution in [0.2, 0.25) is 0 Å². The van der Waals surface area contributed by atoms with Crippen molar-refractivity contribution in [3.05, 3.63) is 48.0 Å². The van der Waals surface area contributed by atoms with Crippen LogP contribution in [0.15, 0.2) is 42.5 Å². The van der Waals surface area contributed by atoms with Crippen LogP contribution in [0.3, 0.4) is 0 Å². The minimum absolute atomic E-state index is 0.0475. The van der Waals surface area contributed by atoms with Crippen molar-refractivity contribution in [2.45, 2.75) is 6.92 Å². The van der Waals surface area contributed by atoms with Crippen molar-refractivity contribution in [1.29, 1.82) is 5.26 Å². The van der Waals surface area contributed by atoms with Gasteiger partial charge in [-0.15, -0.1) is 0 Å². The van der Waals surface area contributed by atoms with Crippen LogP contribution >= 0.6 is 0 Å². The molecule has 0 radical (unpaired) electrons. The molecule has 1 aromatic carbocycles. The zero-order valence-electron chi connectivity index (χ0n) is 9.75. The Morgan fingerprint density at radius 1 is 1.22 bits per heavy atom. The molecular formula is C14H10N2O2. The maximum absolute atomic E-state index is 11.0. The molecule has 4 nitrogen and oxygen atoms in total. The summed E-state index contributed by atoms with van der Waals surface area (Å²) in [6, 6.07) is 14.7. The number of carbonyl (C=O) groups is 1. The lowest BCUT2D eigenvalue weighted by Crippen LogP contribution is -2.05. The summed E-state index contributed by atoms with van der Waals surface area (Å²) in [7, 11) is 0. The molecule has 0 atom stereocenters. The van der Waals surface area contributed by atoms with Crippen molar-refractivity contribution in [3.63, 3.8) is 0 Å². The van der Waals surface area contributed by atoms with Gasteiger partial charge in [0.2, 0.25) is 5.88 Å². The van der Waals surface area contributed by atoms with E-state index in [1.165, 1.54) is 6.92 Å². The molecule has 0 aliphatic heterocycles. The van der Waals surface area contributed by atoms with Gasteiger partial charge in [0.1, 0.15) is 11.6 Å². The monoisotopic (exact) mass is 238 g/mol. The summed E-state index contributed by atoms with van der Waals surface area (Å²) in [4.78, 5) is 15.1. The molecule has 0 bridgehead atoms. The second-order valence-electron chi connectivity index (χ2n) is 3.62. The predicted octanol–water partition coefficient (Wildman–Crippen LogP) is 2.55. The lowest BCUT2D eigenvalue weighted by molar-refractivity contribution is -0.132. The van der Waals surface area contributed by atoms with Crippen molar-refractivity contribution in [3.8, 4) is 23.2 Å². The standard InChI is InChI=1S/C14H10N2O2/c1-10(17)18-14-12(9-15)7-8-13(16-14)11-5-3-2-4-6-11/h2-8H,1H3. The summed E-state index contributed by atoms with van der Waals surface area (Å²) in [5.41, 5.74) is 1.80. The van der Waals surface area contributed by atoms with Crippen LogP contribution in [-0.2, 0) is 4.79 Å². The summed E-state index contributed by atoms with van der Waals surface area (Å²) >= 11 is 0. The number of carbonyl (C=O) groups excluding carboxylic acids is 1. The summed E-state index contributed by atoms with van der Waals surface area (Å²) in [6.07, 6.45) is 0. The van der Waals surface area contributed by atoms with Gasteiger partial charge in [-0.3, -0.25) is 4.79 Å². The van der Waals surface area contributed by atoms with E-state index in [-0.39, 0.29) is 11.4 Å². The highest BCUT2D eigenvalue weighted by Gasteiger charge is 2.10. The van der Waals surface area contributed by atoms with E-state index >= 15 is 0 Å². The fraction of sp³-hybridized carbons (Fsp3) is 0.0714. The number of benzene rings is 1. The van der Waals surface area contributed by atoms with Gasteiger partial charge in [-0.1, -0.05) is 30.3 Å². The molecule has 0 N–H and O–H groups in total. The summed E-state index contributed by atoms with van der Waals surface area (Å²) in [5, 5.41) is 8.91. The van der Waals surface area contributed by atoms with Crippen molar-refractivity contribution < 1.29 is 9.53 Å². The maximum Gasteiger partial charge on any atom is 0.309 e. The molecule has 0 amide bonds. The van der Waals surface area contributed by atoms with Gasteiger partial charge in [0.15, 0.2) is 0 Å². The Labute approximate surface area is 104 Å². The van der Waals surface area contributed by atoms with E-state index < -0.39 is 5.97 Å². The topological polar surface area (TPSA) is 63.0 Å². The third kappa shape index (κ3) is 2.53. The van der Waals surface area contributed by atoms with Crippen LogP contribution in [-0.4, -0.2) is 11.0 Å². The van der Waals surface area contributed by atoms with Crippen LogP contribution in [0, 0.1) is 11.3 Å². The number of nitriles is 1. The molecule has 0 fully saturated rings. The number of esters is 1. The molecule has 0 aliphatic rings. The Balaban J connectivity index is 2.47. The summed E-state index contributed by atoms with van der Waals surface area (Å²) in [5.74, 6) is -0.449. The van der Waals surface area contributed by atoms with Gasteiger partial charge in [-0.25, -0.2) is 4.98 Å². The smallest absolute Gasteiger partial charge is 0.309 e. The minimum Gasteiger partial charge on any atom is -0.406 e. The number of rotatable bonds is 2. The molecule has 0 saturated heterocycles. The van der Waals surface area contributed by atoms with Gasteiger partial charge in [0.05, 0.1) is 5.69 Å². The highest BCUT2D eigenvalue weighted by Crippen LogP contribution is 2.22. The van der Waals surface area contributed by atoms with Crippen molar-refractivity contribution in [1.82, 2.24) is 4.98 Å². The Morgan fingerprint density at radius 3 is 2.56 bits per heavy atom. The summed E-state index contributed by atoms with van der Waals surface area (Å²) < 4.78 is 4.93. The lowest BCUT2D eigenvalue weighted by atomic mass is 10.1. The van der Waals surface area contributed by atoms with Crippen molar-refractivity contribution >= 4 is 5.97 Å². The van der Waals surface area contributed by atoms with Crippen molar-refractivity contribution in [2.75, 3.05) is 0 Å². The first-order chi connectivity index (χ1) is 8.70. The molecule has 0 spiro atoms. The Hall–Kier alpha value is -2.67. The van der Waals surface area contributed by atoms with Gasteiger partial charge in [0, 0.05) is 12.5 Å². The average Bonchev–Trinajstić information content (AvgIpc) is 2.39. The van der Waals surface area contributed by atoms with Crippen LogP contribution in [0.1, 0.15) is 12.5 Å². The highest BCUT2D eigenvalue weighted by molar-refractivity contribution is 5.70. The van der Waals surface area contributed by atoms with Gasteiger partial charge < -0.3 is 4.74 Å². The summed E-state index contributed by atoms with van der Waals surface area (Å²) in [6.45, 7) is 1.28. The van der Waals surface area contributed by atoms with E-state index in [0.717, 1.165) is 5.56 Å². The molecule has 18 heavy (non-hydrogen) atoms. The molecule has 1 heterocycles. The van der Waals surface area contributed by atoms with Gasteiger partial charge in [-0.2, -0.15) is 5.26 Å². The number of nitrogens with zero attached hydrogens (tertiary/aromatic N) is 2. The fourth-order valence-electron chi connectivity index (χ4n) is 1.51. The van der Waals surface area contributed by atoms with Crippen LogP contribution in [0.25, 0.3) is 11.3 Å². The molecule has 2 aromatic rings. The van der Waals surface area contributed by atoms with Crippen LogP contribution < -0.4 is 4.74 Å². The number of aromatic nitrogens is 1. The number of ether oxygens (including phenoxy) is 1. The SMILES string of the molecule is CC(=O)Oc1nc(-c2ccccc2)ccc1C#N. The molecular weight excluding hydrogens is 228 g/mol. The molecule has 88 valence electrons. The number of pyridine rings is 1. The zero-order chi connectivity index (χ0) is 13.0.